The van der Waals surface area contributed by atoms with Gasteiger partial charge in [0.15, 0.2) is 0 Å². The van der Waals surface area contributed by atoms with E-state index in [1.54, 1.807) is 31.3 Å². The number of amides is 1. The normalized spacial score (nSPS) is 11.6. The highest BCUT2D eigenvalue weighted by Crippen LogP contribution is 2.27. The molecular formula is C19H16F3N3O. The molecule has 3 rings (SSSR count). The van der Waals surface area contributed by atoms with E-state index in [1.807, 2.05) is 13.0 Å². The Morgan fingerprint density at radius 2 is 1.85 bits per heavy atom. The van der Waals surface area contributed by atoms with Gasteiger partial charge in [-0.3, -0.25) is 14.7 Å². The standard InChI is InChI=1S/C19H16F3N3O/c1-12-9-14-13(2)6-8-24-17(14)15(10-12)18(26)25(11-19(20,21)22)16-5-3-4-7-23-16/h3-10H,11H2,1-2H3. The van der Waals surface area contributed by atoms with Gasteiger partial charge in [0.05, 0.1) is 11.1 Å². The van der Waals surface area contributed by atoms with E-state index in [0.29, 0.717) is 10.4 Å². The summed E-state index contributed by atoms with van der Waals surface area (Å²) in [5, 5.41) is 0.740. The first kappa shape index (κ1) is 17.8. The van der Waals surface area contributed by atoms with E-state index in [9.17, 15) is 18.0 Å². The molecule has 0 spiro atoms. The van der Waals surface area contributed by atoms with Gasteiger partial charge in [-0.1, -0.05) is 6.07 Å². The molecule has 0 saturated carbocycles. The number of halogens is 3. The molecule has 1 aromatic carbocycles. The van der Waals surface area contributed by atoms with E-state index >= 15 is 0 Å². The third kappa shape index (κ3) is 3.66. The Morgan fingerprint density at radius 1 is 1.08 bits per heavy atom. The topological polar surface area (TPSA) is 46.1 Å². The molecule has 0 fully saturated rings. The molecule has 134 valence electrons. The number of carbonyl (C=O) groups excluding carboxylic acids is 1. The van der Waals surface area contributed by atoms with Crippen LogP contribution < -0.4 is 4.90 Å². The Balaban J connectivity index is 2.16. The molecule has 0 aliphatic heterocycles. The Labute approximate surface area is 148 Å². The Morgan fingerprint density at radius 3 is 2.50 bits per heavy atom. The number of carbonyl (C=O) groups is 1. The lowest BCUT2D eigenvalue weighted by atomic mass is 10.0. The van der Waals surface area contributed by atoms with Crippen LogP contribution in [0.4, 0.5) is 19.0 Å². The lowest BCUT2D eigenvalue weighted by Crippen LogP contribution is -2.39. The molecule has 1 amide bonds. The maximum atomic E-state index is 13.1. The zero-order valence-electron chi connectivity index (χ0n) is 14.2. The molecule has 0 radical (unpaired) electrons. The lowest BCUT2D eigenvalue weighted by molar-refractivity contribution is -0.118. The predicted octanol–water partition coefficient (Wildman–Crippen LogP) is 4.46. The van der Waals surface area contributed by atoms with Crippen LogP contribution in [-0.4, -0.2) is 28.6 Å². The number of fused-ring (bicyclic) bond motifs is 1. The summed E-state index contributed by atoms with van der Waals surface area (Å²) in [4.78, 5) is 21.8. The molecule has 4 nitrogen and oxygen atoms in total. The first-order chi connectivity index (χ1) is 12.3. The minimum absolute atomic E-state index is 0.0582. The average Bonchev–Trinajstić information content (AvgIpc) is 2.59. The summed E-state index contributed by atoms with van der Waals surface area (Å²) in [5.41, 5.74) is 2.17. The van der Waals surface area contributed by atoms with Crippen molar-refractivity contribution in [2.24, 2.45) is 0 Å². The van der Waals surface area contributed by atoms with E-state index in [1.165, 1.54) is 18.3 Å². The van der Waals surface area contributed by atoms with Gasteiger partial charge in [-0.15, -0.1) is 0 Å². The SMILES string of the molecule is Cc1cc(C(=O)N(CC(F)(F)F)c2ccccn2)c2nccc(C)c2c1. The van der Waals surface area contributed by atoms with Crippen molar-refractivity contribution in [3.63, 3.8) is 0 Å². The Hall–Kier alpha value is -2.96. The summed E-state index contributed by atoms with van der Waals surface area (Å²) in [6.07, 6.45) is -1.67. The molecule has 2 aromatic heterocycles. The Bertz CT molecular complexity index is 955. The molecule has 0 bridgehead atoms. The Kier molecular flexibility index (Phi) is 4.63. The van der Waals surface area contributed by atoms with Crippen molar-refractivity contribution < 1.29 is 18.0 Å². The van der Waals surface area contributed by atoms with E-state index in [-0.39, 0.29) is 11.4 Å². The van der Waals surface area contributed by atoms with Crippen LogP contribution in [0.25, 0.3) is 10.9 Å². The van der Waals surface area contributed by atoms with Crippen LogP contribution in [0.5, 0.6) is 0 Å². The summed E-state index contributed by atoms with van der Waals surface area (Å²) in [5.74, 6) is -0.843. The number of rotatable bonds is 3. The number of aromatic nitrogens is 2. The molecule has 0 unspecified atom stereocenters. The summed E-state index contributed by atoms with van der Waals surface area (Å²) >= 11 is 0. The van der Waals surface area contributed by atoms with Crippen molar-refractivity contribution in [1.82, 2.24) is 9.97 Å². The highest BCUT2D eigenvalue weighted by molar-refractivity contribution is 6.13. The van der Waals surface area contributed by atoms with Crippen LogP contribution in [0.3, 0.4) is 0 Å². The largest absolute Gasteiger partial charge is 0.406 e. The van der Waals surface area contributed by atoms with Crippen molar-refractivity contribution in [3.05, 3.63) is 65.5 Å². The molecule has 0 aliphatic carbocycles. The van der Waals surface area contributed by atoms with Crippen LogP contribution >= 0.6 is 0 Å². The van der Waals surface area contributed by atoms with Gasteiger partial charge < -0.3 is 0 Å². The average molecular weight is 359 g/mol. The number of pyridine rings is 2. The fourth-order valence-electron chi connectivity index (χ4n) is 2.79. The van der Waals surface area contributed by atoms with Crippen LogP contribution in [-0.2, 0) is 0 Å². The van der Waals surface area contributed by atoms with Gasteiger partial charge in [-0.2, -0.15) is 13.2 Å². The molecule has 3 aromatic rings. The van der Waals surface area contributed by atoms with E-state index < -0.39 is 18.6 Å². The van der Waals surface area contributed by atoms with E-state index in [2.05, 4.69) is 9.97 Å². The third-order valence-corrected chi connectivity index (χ3v) is 3.95. The minimum Gasteiger partial charge on any atom is -0.283 e. The van der Waals surface area contributed by atoms with Crippen LogP contribution in [0, 0.1) is 13.8 Å². The number of hydrogen-bond donors (Lipinski definition) is 0. The summed E-state index contributed by atoms with van der Waals surface area (Å²) in [6.45, 7) is 2.23. The molecule has 7 heteroatoms. The fraction of sp³-hybridized carbons (Fsp3) is 0.211. The van der Waals surface area contributed by atoms with Crippen molar-refractivity contribution in [2.75, 3.05) is 11.4 Å². The maximum Gasteiger partial charge on any atom is 0.406 e. The van der Waals surface area contributed by atoms with Crippen LogP contribution in [0.1, 0.15) is 21.5 Å². The van der Waals surface area contributed by atoms with Gasteiger partial charge in [0.2, 0.25) is 0 Å². The summed E-state index contributed by atoms with van der Waals surface area (Å²) in [7, 11) is 0. The third-order valence-electron chi connectivity index (χ3n) is 3.95. The maximum absolute atomic E-state index is 13.1. The van der Waals surface area contributed by atoms with Gasteiger partial charge in [0.1, 0.15) is 12.4 Å². The second-order valence-corrected chi connectivity index (χ2v) is 6.03. The molecule has 0 N–H and O–H groups in total. The highest BCUT2D eigenvalue weighted by Gasteiger charge is 2.35. The molecule has 0 saturated heterocycles. The van der Waals surface area contributed by atoms with Crippen LogP contribution in [0.15, 0.2) is 48.8 Å². The second-order valence-electron chi connectivity index (χ2n) is 6.03. The smallest absolute Gasteiger partial charge is 0.283 e. The summed E-state index contributed by atoms with van der Waals surface area (Å²) in [6, 6.07) is 9.71. The second kappa shape index (κ2) is 6.74. The van der Waals surface area contributed by atoms with E-state index in [4.69, 9.17) is 0 Å². The van der Waals surface area contributed by atoms with Gasteiger partial charge in [0, 0.05) is 17.8 Å². The predicted molar refractivity (Wildman–Crippen MR) is 93.2 cm³/mol. The number of alkyl halides is 3. The van der Waals surface area contributed by atoms with Crippen LogP contribution in [0.2, 0.25) is 0 Å². The molecular weight excluding hydrogens is 343 g/mol. The molecule has 26 heavy (non-hydrogen) atoms. The number of aryl methyl sites for hydroxylation is 2. The van der Waals surface area contributed by atoms with Gasteiger partial charge in [-0.25, -0.2) is 4.98 Å². The number of hydrogen-bond acceptors (Lipinski definition) is 3. The number of nitrogens with zero attached hydrogens (tertiary/aromatic N) is 3. The van der Waals surface area contributed by atoms with Gasteiger partial charge in [-0.05, 0) is 55.3 Å². The minimum atomic E-state index is -4.56. The number of benzene rings is 1. The quantitative estimate of drug-likeness (QED) is 0.694. The van der Waals surface area contributed by atoms with Gasteiger partial charge in [0.25, 0.3) is 5.91 Å². The van der Waals surface area contributed by atoms with Crippen molar-refractivity contribution in [3.8, 4) is 0 Å². The molecule has 0 aliphatic rings. The monoisotopic (exact) mass is 359 g/mol. The lowest BCUT2D eigenvalue weighted by Gasteiger charge is -2.23. The highest BCUT2D eigenvalue weighted by atomic mass is 19.4. The van der Waals surface area contributed by atoms with Crippen molar-refractivity contribution in [2.45, 2.75) is 20.0 Å². The summed E-state index contributed by atoms with van der Waals surface area (Å²) < 4.78 is 39.3. The zero-order valence-corrected chi connectivity index (χ0v) is 14.2. The first-order valence-electron chi connectivity index (χ1n) is 7.92. The first-order valence-corrected chi connectivity index (χ1v) is 7.92. The fourth-order valence-corrected chi connectivity index (χ4v) is 2.79. The van der Waals surface area contributed by atoms with Crippen molar-refractivity contribution in [1.29, 1.82) is 0 Å². The zero-order chi connectivity index (χ0) is 18.9. The number of anilines is 1. The van der Waals surface area contributed by atoms with Gasteiger partial charge >= 0.3 is 6.18 Å². The van der Waals surface area contributed by atoms with E-state index in [0.717, 1.165) is 16.5 Å². The molecule has 2 heterocycles. The van der Waals surface area contributed by atoms with Crippen molar-refractivity contribution >= 4 is 22.6 Å². The molecule has 0 atom stereocenters.